The van der Waals surface area contributed by atoms with Gasteiger partial charge < -0.3 is 0 Å². The third kappa shape index (κ3) is 2.73. The van der Waals surface area contributed by atoms with Crippen LogP contribution in [0.2, 0.25) is 0 Å². The average Bonchev–Trinajstić information content (AvgIpc) is 2.68. The van der Waals surface area contributed by atoms with Crippen LogP contribution in [0.15, 0.2) is 30.3 Å². The Morgan fingerprint density at radius 1 is 0.812 bits per heavy atom. The van der Waals surface area contributed by atoms with Crippen LogP contribution in [0.25, 0.3) is 10.4 Å². The van der Waals surface area contributed by atoms with E-state index in [4.69, 9.17) is 0 Å². The Bertz CT molecular complexity index is 432. The van der Waals surface area contributed by atoms with E-state index in [2.05, 4.69) is 51.1 Å². The molecule has 0 aliphatic carbocycles. The molecule has 0 nitrogen and oxygen atoms in total. The molecule has 1 heterocycles. The van der Waals surface area contributed by atoms with Gasteiger partial charge in [-0.2, -0.15) is 0 Å². The van der Waals surface area contributed by atoms with E-state index in [-0.39, 0.29) is 0 Å². The molecule has 1 aromatic carbocycles. The highest BCUT2D eigenvalue weighted by Gasteiger charge is 2.06. The summed E-state index contributed by atoms with van der Waals surface area (Å²) in [5.74, 6) is 0. The van der Waals surface area contributed by atoms with E-state index in [0.717, 1.165) is 0 Å². The van der Waals surface area contributed by atoms with Gasteiger partial charge in [-0.1, -0.05) is 32.0 Å². The van der Waals surface area contributed by atoms with Crippen molar-refractivity contribution in [1.82, 2.24) is 0 Å². The van der Waals surface area contributed by atoms with Crippen molar-refractivity contribution in [1.29, 1.82) is 0 Å². The second kappa shape index (κ2) is 5.86. The van der Waals surface area contributed by atoms with Gasteiger partial charge in [0.15, 0.2) is 0 Å². The first-order valence-electron chi connectivity index (χ1n) is 5.81. The first-order chi connectivity index (χ1) is 7.68. The Balaban J connectivity index is 0.000000606. The lowest BCUT2D eigenvalue weighted by Crippen LogP contribution is -1.84. The van der Waals surface area contributed by atoms with Crippen LogP contribution in [-0.2, 0) is 0 Å². The molecule has 0 bridgehead atoms. The molecule has 1 heteroatoms. The molecule has 0 aliphatic heterocycles. The topological polar surface area (TPSA) is 0 Å². The largest absolute Gasteiger partial charge is 0.141 e. The van der Waals surface area contributed by atoms with Crippen LogP contribution >= 0.6 is 11.3 Å². The molecule has 0 N–H and O–H groups in total. The molecule has 0 aliphatic rings. The molecule has 2 rings (SSSR count). The van der Waals surface area contributed by atoms with Gasteiger partial charge in [-0.05, 0) is 49.6 Å². The van der Waals surface area contributed by atoms with Crippen LogP contribution in [0, 0.1) is 20.8 Å². The fraction of sp³-hybridized carbons (Fsp3) is 0.333. The monoisotopic (exact) mass is 232 g/mol. The van der Waals surface area contributed by atoms with E-state index >= 15 is 0 Å². The fourth-order valence-electron chi connectivity index (χ4n) is 1.77. The van der Waals surface area contributed by atoms with Crippen LogP contribution in [0.4, 0.5) is 0 Å². The third-order valence-corrected chi connectivity index (χ3v) is 3.49. The van der Waals surface area contributed by atoms with Crippen LogP contribution in [0.5, 0.6) is 0 Å². The molecule has 2 aromatic rings. The van der Waals surface area contributed by atoms with Crippen molar-refractivity contribution in [2.45, 2.75) is 34.6 Å². The van der Waals surface area contributed by atoms with Crippen molar-refractivity contribution < 1.29 is 0 Å². The maximum absolute atomic E-state index is 2.22. The predicted molar refractivity (Wildman–Crippen MR) is 75.3 cm³/mol. The molecule has 16 heavy (non-hydrogen) atoms. The Morgan fingerprint density at radius 3 is 1.81 bits per heavy atom. The standard InChI is InChI=1S/C13H14S.C2H6/c1-9-5-4-6-10(2)13(9)12-8-7-11(3)14-12;1-2/h4-8H,1-3H3;1-2H3. The van der Waals surface area contributed by atoms with Gasteiger partial charge in [0.2, 0.25) is 0 Å². The fourth-order valence-corrected chi connectivity index (χ4v) is 2.82. The minimum absolute atomic E-state index is 1.37. The lowest BCUT2D eigenvalue weighted by atomic mass is 10.0. The lowest BCUT2D eigenvalue weighted by Gasteiger charge is -2.06. The number of aryl methyl sites for hydroxylation is 3. The minimum atomic E-state index is 1.37. The molecule has 1 aromatic heterocycles. The molecule has 0 saturated carbocycles. The second-order valence-electron chi connectivity index (χ2n) is 3.68. The van der Waals surface area contributed by atoms with Crippen molar-refractivity contribution in [2.75, 3.05) is 0 Å². The Kier molecular flexibility index (Phi) is 4.75. The van der Waals surface area contributed by atoms with Gasteiger partial charge in [0.05, 0.1) is 0 Å². The second-order valence-corrected chi connectivity index (χ2v) is 4.97. The SMILES string of the molecule is CC.Cc1ccc(-c2c(C)cccc2C)s1. The summed E-state index contributed by atoms with van der Waals surface area (Å²) in [6.07, 6.45) is 0. The molecular weight excluding hydrogens is 212 g/mol. The summed E-state index contributed by atoms with van der Waals surface area (Å²) in [4.78, 5) is 2.76. The summed E-state index contributed by atoms with van der Waals surface area (Å²) < 4.78 is 0. The number of hydrogen-bond donors (Lipinski definition) is 0. The zero-order chi connectivity index (χ0) is 12.1. The van der Waals surface area contributed by atoms with Crippen LogP contribution in [-0.4, -0.2) is 0 Å². The Labute approximate surface area is 103 Å². The highest BCUT2D eigenvalue weighted by Crippen LogP contribution is 2.32. The summed E-state index contributed by atoms with van der Waals surface area (Å²) in [5.41, 5.74) is 4.14. The minimum Gasteiger partial charge on any atom is -0.141 e. The smallest absolute Gasteiger partial charge is 0.0350 e. The molecule has 0 atom stereocenters. The van der Waals surface area contributed by atoms with Gasteiger partial charge in [-0.3, -0.25) is 0 Å². The van der Waals surface area contributed by atoms with E-state index in [1.807, 2.05) is 25.2 Å². The summed E-state index contributed by atoms with van der Waals surface area (Å²) in [6, 6.07) is 10.9. The van der Waals surface area contributed by atoms with E-state index in [0.29, 0.717) is 0 Å². The number of rotatable bonds is 1. The predicted octanol–water partition coefficient (Wildman–Crippen LogP) is 5.37. The van der Waals surface area contributed by atoms with Gasteiger partial charge in [-0.25, -0.2) is 0 Å². The summed E-state index contributed by atoms with van der Waals surface area (Å²) in [7, 11) is 0. The van der Waals surface area contributed by atoms with Gasteiger partial charge in [-0.15, -0.1) is 11.3 Å². The van der Waals surface area contributed by atoms with E-state index in [1.54, 1.807) is 0 Å². The molecule has 0 saturated heterocycles. The van der Waals surface area contributed by atoms with Gasteiger partial charge >= 0.3 is 0 Å². The zero-order valence-electron chi connectivity index (χ0n) is 10.8. The maximum Gasteiger partial charge on any atom is 0.0350 e. The van der Waals surface area contributed by atoms with Crippen molar-refractivity contribution in [3.63, 3.8) is 0 Å². The normalized spacial score (nSPS) is 9.56. The molecule has 0 unspecified atom stereocenters. The van der Waals surface area contributed by atoms with Gasteiger partial charge in [0, 0.05) is 9.75 Å². The number of thiophene rings is 1. The summed E-state index contributed by atoms with van der Waals surface area (Å²) in [5, 5.41) is 0. The molecule has 86 valence electrons. The maximum atomic E-state index is 2.22. The van der Waals surface area contributed by atoms with E-state index < -0.39 is 0 Å². The molecule has 0 fully saturated rings. The van der Waals surface area contributed by atoms with Gasteiger partial charge in [0.25, 0.3) is 0 Å². The Hall–Kier alpha value is -1.08. The summed E-state index contributed by atoms with van der Waals surface area (Å²) >= 11 is 1.87. The lowest BCUT2D eigenvalue weighted by molar-refractivity contribution is 1.39. The van der Waals surface area contributed by atoms with Crippen molar-refractivity contribution in [2.24, 2.45) is 0 Å². The first-order valence-corrected chi connectivity index (χ1v) is 6.63. The third-order valence-electron chi connectivity index (χ3n) is 2.47. The number of benzene rings is 1. The van der Waals surface area contributed by atoms with E-state index in [9.17, 15) is 0 Å². The molecular formula is C15H20S. The highest BCUT2D eigenvalue weighted by atomic mass is 32.1. The van der Waals surface area contributed by atoms with E-state index in [1.165, 1.54) is 26.4 Å². The Morgan fingerprint density at radius 2 is 1.38 bits per heavy atom. The summed E-state index contributed by atoms with van der Waals surface area (Å²) in [6.45, 7) is 10.5. The van der Waals surface area contributed by atoms with Crippen LogP contribution in [0.1, 0.15) is 29.9 Å². The van der Waals surface area contributed by atoms with Crippen molar-refractivity contribution in [3.05, 3.63) is 46.3 Å². The number of hydrogen-bond acceptors (Lipinski definition) is 1. The quantitative estimate of drug-likeness (QED) is 0.620. The van der Waals surface area contributed by atoms with Crippen LogP contribution in [0.3, 0.4) is 0 Å². The first kappa shape index (κ1) is 13.0. The average molecular weight is 232 g/mol. The molecule has 0 radical (unpaired) electrons. The molecule has 0 spiro atoms. The van der Waals surface area contributed by atoms with Crippen molar-refractivity contribution >= 4 is 11.3 Å². The van der Waals surface area contributed by atoms with Gasteiger partial charge in [0.1, 0.15) is 0 Å². The highest BCUT2D eigenvalue weighted by molar-refractivity contribution is 7.15. The van der Waals surface area contributed by atoms with Crippen LogP contribution < -0.4 is 0 Å². The molecule has 0 amide bonds. The van der Waals surface area contributed by atoms with Crippen molar-refractivity contribution in [3.8, 4) is 10.4 Å². The zero-order valence-corrected chi connectivity index (χ0v) is 11.6.